The van der Waals surface area contributed by atoms with E-state index in [4.69, 9.17) is 4.74 Å². The van der Waals surface area contributed by atoms with Crippen LogP contribution in [0.3, 0.4) is 0 Å². The van der Waals surface area contributed by atoms with Gasteiger partial charge in [0.25, 0.3) is 5.88 Å². The summed E-state index contributed by atoms with van der Waals surface area (Å²) < 4.78 is 5.41. The molecular weight excluding hydrogens is 352 g/mol. The maximum Gasteiger partial charge on any atom is 0.257 e. The molecule has 3 heterocycles. The number of nitrogens with zero attached hydrogens (tertiary/aromatic N) is 4. The van der Waals surface area contributed by atoms with E-state index in [-0.39, 0.29) is 17.6 Å². The Kier molecular flexibility index (Phi) is 4.48. The SMILES string of the molecule is COc1nccnc1N1CCC2(CC1)c1ccccc1[C@@H](N1CCCC1)[C@@H]2O. The highest BCUT2D eigenvalue weighted by atomic mass is 16.5. The Balaban J connectivity index is 1.45. The zero-order chi connectivity index (χ0) is 19.1. The lowest BCUT2D eigenvalue weighted by molar-refractivity contribution is 0.00809. The number of methoxy groups -OCH3 is 1. The maximum absolute atomic E-state index is 11.6. The number of rotatable bonds is 3. The Morgan fingerprint density at radius 2 is 1.75 bits per heavy atom. The van der Waals surface area contributed by atoms with Gasteiger partial charge in [-0.05, 0) is 49.9 Å². The van der Waals surface area contributed by atoms with Gasteiger partial charge in [0, 0.05) is 30.9 Å². The maximum atomic E-state index is 11.6. The third-order valence-electron chi connectivity index (χ3n) is 7.01. The molecule has 1 N–H and O–H groups in total. The average molecular weight is 380 g/mol. The summed E-state index contributed by atoms with van der Waals surface area (Å²) in [4.78, 5) is 13.5. The van der Waals surface area contributed by atoms with Gasteiger partial charge < -0.3 is 14.7 Å². The van der Waals surface area contributed by atoms with Gasteiger partial charge in [0.1, 0.15) is 0 Å². The zero-order valence-electron chi connectivity index (χ0n) is 16.4. The molecule has 28 heavy (non-hydrogen) atoms. The monoisotopic (exact) mass is 380 g/mol. The second-order valence-electron chi connectivity index (χ2n) is 8.25. The molecule has 0 saturated carbocycles. The van der Waals surface area contributed by atoms with E-state index in [1.807, 2.05) is 0 Å². The van der Waals surface area contributed by atoms with Crippen molar-refractivity contribution >= 4 is 5.82 Å². The van der Waals surface area contributed by atoms with Crippen LogP contribution in [0, 0.1) is 0 Å². The van der Waals surface area contributed by atoms with Gasteiger partial charge in [-0.15, -0.1) is 0 Å². The number of fused-ring (bicyclic) bond motifs is 2. The van der Waals surface area contributed by atoms with E-state index in [0.29, 0.717) is 5.88 Å². The lowest BCUT2D eigenvalue weighted by Crippen LogP contribution is -2.50. The minimum Gasteiger partial charge on any atom is -0.478 e. The van der Waals surface area contributed by atoms with Crippen molar-refractivity contribution in [1.82, 2.24) is 14.9 Å². The number of likely N-dealkylation sites (tertiary alicyclic amines) is 1. The van der Waals surface area contributed by atoms with Gasteiger partial charge in [0.2, 0.25) is 0 Å². The highest BCUT2D eigenvalue weighted by molar-refractivity contribution is 5.51. The molecule has 2 saturated heterocycles. The normalized spacial score (nSPS) is 26.6. The van der Waals surface area contributed by atoms with Crippen LogP contribution < -0.4 is 9.64 Å². The fourth-order valence-electron chi connectivity index (χ4n) is 5.62. The van der Waals surface area contributed by atoms with Crippen LogP contribution in [-0.2, 0) is 5.41 Å². The second kappa shape index (κ2) is 7.01. The van der Waals surface area contributed by atoms with Crippen LogP contribution in [0.1, 0.15) is 42.9 Å². The third kappa shape index (κ3) is 2.62. The lowest BCUT2D eigenvalue weighted by Gasteiger charge is -2.44. The van der Waals surface area contributed by atoms with Crippen LogP contribution >= 0.6 is 0 Å². The predicted molar refractivity (Wildman–Crippen MR) is 108 cm³/mol. The van der Waals surface area contributed by atoms with E-state index in [2.05, 4.69) is 44.0 Å². The van der Waals surface area contributed by atoms with Crippen LogP contribution in [0.2, 0.25) is 0 Å². The van der Waals surface area contributed by atoms with E-state index >= 15 is 0 Å². The molecule has 0 radical (unpaired) electrons. The van der Waals surface area contributed by atoms with E-state index in [0.717, 1.165) is 44.8 Å². The standard InChI is InChI=1S/C22H28N4O2/c1-28-21-20(23-10-11-24-21)26-14-8-22(9-15-26)17-7-3-2-6-16(17)18(19(22)27)25-12-4-5-13-25/h2-3,6-7,10-11,18-19,27H,4-5,8-9,12-15H2,1H3/t18-,19+/m1/s1. The minimum absolute atomic E-state index is 0.135. The summed E-state index contributed by atoms with van der Waals surface area (Å²) >= 11 is 0. The van der Waals surface area contributed by atoms with E-state index in [9.17, 15) is 5.11 Å². The molecule has 148 valence electrons. The van der Waals surface area contributed by atoms with Gasteiger partial charge in [-0.3, -0.25) is 4.90 Å². The van der Waals surface area contributed by atoms with Crippen molar-refractivity contribution in [2.24, 2.45) is 0 Å². The number of aromatic nitrogens is 2. The summed E-state index contributed by atoms with van der Waals surface area (Å²) in [5.74, 6) is 1.37. The molecule has 3 aliphatic rings. The Morgan fingerprint density at radius 3 is 2.50 bits per heavy atom. The molecule has 2 fully saturated rings. The minimum atomic E-state index is -0.353. The molecule has 0 bridgehead atoms. The number of hydrogen-bond donors (Lipinski definition) is 1. The number of piperidine rings is 1. The number of ether oxygens (including phenoxy) is 1. The van der Waals surface area contributed by atoms with Crippen LogP contribution in [0.5, 0.6) is 5.88 Å². The topological polar surface area (TPSA) is 61.7 Å². The first-order valence-electron chi connectivity index (χ1n) is 10.4. The molecule has 6 heteroatoms. The third-order valence-corrected chi connectivity index (χ3v) is 7.01. The largest absolute Gasteiger partial charge is 0.478 e. The van der Waals surface area contributed by atoms with Gasteiger partial charge in [0.15, 0.2) is 5.82 Å². The lowest BCUT2D eigenvalue weighted by atomic mass is 9.72. The first-order valence-corrected chi connectivity index (χ1v) is 10.4. The summed E-state index contributed by atoms with van der Waals surface area (Å²) in [5, 5.41) is 11.6. The molecule has 2 atom stereocenters. The summed E-state index contributed by atoms with van der Waals surface area (Å²) in [6, 6.07) is 8.85. The fraction of sp³-hybridized carbons (Fsp3) is 0.545. The molecule has 2 aromatic rings. The smallest absolute Gasteiger partial charge is 0.257 e. The van der Waals surface area contributed by atoms with Gasteiger partial charge in [0.05, 0.1) is 19.3 Å². The van der Waals surface area contributed by atoms with E-state index in [1.165, 1.54) is 24.0 Å². The van der Waals surface area contributed by atoms with E-state index < -0.39 is 0 Å². The number of aliphatic hydroxyl groups excluding tert-OH is 1. The summed E-state index contributed by atoms with van der Waals surface area (Å²) in [6.45, 7) is 3.87. The van der Waals surface area contributed by atoms with Crippen molar-refractivity contribution in [2.75, 3.05) is 38.2 Å². The zero-order valence-corrected chi connectivity index (χ0v) is 16.4. The van der Waals surface area contributed by atoms with Crippen molar-refractivity contribution in [3.8, 4) is 5.88 Å². The van der Waals surface area contributed by atoms with Crippen molar-refractivity contribution in [3.63, 3.8) is 0 Å². The Morgan fingerprint density at radius 1 is 1.04 bits per heavy atom. The number of hydrogen-bond acceptors (Lipinski definition) is 6. The summed E-state index contributed by atoms with van der Waals surface area (Å²) in [6.07, 6.45) is 7.31. The molecule has 5 rings (SSSR count). The Bertz CT molecular complexity index is 844. The van der Waals surface area contributed by atoms with E-state index in [1.54, 1.807) is 19.5 Å². The molecule has 1 spiro atoms. The molecule has 1 aliphatic carbocycles. The highest BCUT2D eigenvalue weighted by Crippen LogP contribution is 2.53. The van der Waals surface area contributed by atoms with Gasteiger partial charge in [-0.1, -0.05) is 24.3 Å². The van der Waals surface area contributed by atoms with Crippen molar-refractivity contribution < 1.29 is 9.84 Å². The number of benzene rings is 1. The van der Waals surface area contributed by atoms with Crippen LogP contribution in [0.15, 0.2) is 36.7 Å². The molecule has 2 aliphatic heterocycles. The molecular formula is C22H28N4O2. The molecule has 0 unspecified atom stereocenters. The number of aliphatic hydroxyl groups is 1. The molecule has 1 aromatic carbocycles. The first kappa shape index (κ1) is 17.9. The van der Waals surface area contributed by atoms with Crippen LogP contribution in [0.4, 0.5) is 5.82 Å². The van der Waals surface area contributed by atoms with Gasteiger partial charge >= 0.3 is 0 Å². The predicted octanol–water partition coefficient (Wildman–Crippen LogP) is 2.53. The van der Waals surface area contributed by atoms with Crippen molar-refractivity contribution in [2.45, 2.75) is 43.2 Å². The number of anilines is 1. The Hall–Kier alpha value is -2.18. The second-order valence-corrected chi connectivity index (χ2v) is 8.25. The van der Waals surface area contributed by atoms with Crippen molar-refractivity contribution in [1.29, 1.82) is 0 Å². The molecule has 0 amide bonds. The summed E-state index contributed by atoms with van der Waals surface area (Å²) in [7, 11) is 1.64. The van der Waals surface area contributed by atoms with Crippen molar-refractivity contribution in [3.05, 3.63) is 47.8 Å². The Labute approximate surface area is 166 Å². The van der Waals surface area contributed by atoms with Gasteiger partial charge in [-0.25, -0.2) is 9.97 Å². The fourth-order valence-corrected chi connectivity index (χ4v) is 5.62. The molecule has 6 nitrogen and oxygen atoms in total. The highest BCUT2D eigenvalue weighted by Gasteiger charge is 2.54. The van der Waals surface area contributed by atoms with Crippen LogP contribution in [0.25, 0.3) is 0 Å². The van der Waals surface area contributed by atoms with Crippen LogP contribution in [-0.4, -0.2) is 59.4 Å². The first-order chi connectivity index (χ1) is 13.7. The molecule has 1 aromatic heterocycles. The average Bonchev–Trinajstić information content (AvgIpc) is 3.35. The summed E-state index contributed by atoms with van der Waals surface area (Å²) in [5.41, 5.74) is 2.52. The quantitative estimate of drug-likeness (QED) is 0.883. The van der Waals surface area contributed by atoms with Gasteiger partial charge in [-0.2, -0.15) is 0 Å².